The minimum Gasteiger partial charge on any atom is -0.326 e. The average Bonchev–Trinajstić information content (AvgIpc) is 2.45. The zero-order valence-corrected chi connectivity index (χ0v) is 14.6. The molecule has 1 aromatic carbocycles. The molecule has 11 heteroatoms. The van der Waals surface area contributed by atoms with Gasteiger partial charge >= 0.3 is 6.18 Å². The van der Waals surface area contributed by atoms with Crippen molar-refractivity contribution in [3.05, 3.63) is 24.3 Å². The summed E-state index contributed by atoms with van der Waals surface area (Å²) in [6, 6.07) is 4.87. The molecule has 138 valence electrons. The van der Waals surface area contributed by atoms with Gasteiger partial charge in [0.25, 0.3) is 0 Å². The Labute approximate surface area is 144 Å². The highest BCUT2D eigenvalue weighted by molar-refractivity contribution is 7.89. The van der Waals surface area contributed by atoms with Crippen LogP contribution in [0.1, 0.15) is 6.92 Å². The molecule has 0 aliphatic carbocycles. The lowest BCUT2D eigenvalue weighted by molar-refractivity contribution is -0.121. The van der Waals surface area contributed by atoms with Crippen LogP contribution < -0.4 is 15.4 Å². The molecule has 0 spiro atoms. The predicted molar refractivity (Wildman–Crippen MR) is 86.7 cm³/mol. The number of sulfonamides is 1. The Morgan fingerprint density at radius 2 is 1.75 bits per heavy atom. The van der Waals surface area contributed by atoms with E-state index >= 15 is 0 Å². The molecule has 1 aromatic rings. The van der Waals surface area contributed by atoms with E-state index in [9.17, 15) is 26.4 Å². The van der Waals surface area contributed by atoms with E-state index in [4.69, 9.17) is 0 Å². The molecule has 0 radical (unpaired) electrons. The van der Waals surface area contributed by atoms with E-state index < -0.39 is 22.7 Å². The lowest BCUT2D eigenvalue weighted by atomic mass is 10.1. The number of carbonyl (C=O) groups is 1. The fourth-order valence-electron chi connectivity index (χ4n) is 1.64. The van der Waals surface area contributed by atoms with E-state index in [0.29, 0.717) is 12.2 Å². The first-order valence-electron chi connectivity index (χ1n) is 6.67. The zero-order chi connectivity index (χ0) is 17.7. The number of alkyl halides is 3. The maximum Gasteiger partial charge on any atom is 0.402 e. The summed E-state index contributed by atoms with van der Waals surface area (Å²) in [4.78, 5) is 11.5. The first-order chi connectivity index (χ1) is 10.5. The van der Waals surface area contributed by atoms with Crippen molar-refractivity contribution in [3.63, 3.8) is 0 Å². The van der Waals surface area contributed by atoms with Crippen LogP contribution in [0.3, 0.4) is 0 Å². The lowest BCUT2D eigenvalue weighted by Gasteiger charge is -2.12. The monoisotopic (exact) mass is 389 g/mol. The summed E-state index contributed by atoms with van der Waals surface area (Å²) in [6.45, 7) is 0.542. The normalized spacial score (nSPS) is 13.0. The van der Waals surface area contributed by atoms with Crippen molar-refractivity contribution in [2.24, 2.45) is 5.92 Å². The van der Waals surface area contributed by atoms with Gasteiger partial charge in [0.1, 0.15) is 6.54 Å². The van der Waals surface area contributed by atoms with Crippen molar-refractivity contribution in [1.82, 2.24) is 10.0 Å². The number of nitrogens with one attached hydrogen (secondary N) is 3. The van der Waals surface area contributed by atoms with Crippen molar-refractivity contribution in [3.8, 4) is 0 Å². The maximum atomic E-state index is 12.1. The summed E-state index contributed by atoms with van der Waals surface area (Å²) in [5, 5.41) is 5.44. The number of carbonyl (C=O) groups excluding carboxylic acids is 1. The Morgan fingerprint density at radius 1 is 1.21 bits per heavy atom. The summed E-state index contributed by atoms with van der Waals surface area (Å²) in [5.41, 5.74) is 0.354. The van der Waals surface area contributed by atoms with Crippen molar-refractivity contribution in [1.29, 1.82) is 0 Å². The van der Waals surface area contributed by atoms with E-state index in [1.165, 1.54) is 16.9 Å². The molecule has 6 nitrogen and oxygen atoms in total. The number of hydrogen-bond donors (Lipinski definition) is 3. The van der Waals surface area contributed by atoms with E-state index in [2.05, 4.69) is 10.6 Å². The minimum atomic E-state index is -4.63. The second-order valence-electron chi connectivity index (χ2n) is 4.91. The van der Waals surface area contributed by atoms with Gasteiger partial charge in [-0.3, -0.25) is 4.79 Å². The van der Waals surface area contributed by atoms with Gasteiger partial charge in [0.05, 0.1) is 4.90 Å². The first kappa shape index (κ1) is 22.6. The molecule has 0 aliphatic heterocycles. The van der Waals surface area contributed by atoms with E-state index in [0.717, 1.165) is 12.1 Å². The standard InChI is InChI=1S/C13H18F3N3O3S.ClH/c1-9(7-17-2)12(20)19-10-3-5-11(6-4-10)23(21,22)18-8-13(14,15)16;/h3-6,9,17-18H,7-8H2,1-2H3,(H,19,20);1H. The van der Waals surface area contributed by atoms with E-state index in [1.54, 1.807) is 14.0 Å². The third-order valence-electron chi connectivity index (χ3n) is 2.85. The third kappa shape index (κ3) is 7.47. The molecular weight excluding hydrogens is 371 g/mol. The average molecular weight is 390 g/mol. The predicted octanol–water partition coefficient (Wildman–Crippen LogP) is 1.74. The highest BCUT2D eigenvalue weighted by Gasteiger charge is 2.30. The fraction of sp³-hybridized carbons (Fsp3) is 0.462. The van der Waals surface area contributed by atoms with Crippen LogP contribution in [0, 0.1) is 5.92 Å². The van der Waals surface area contributed by atoms with Crippen LogP contribution >= 0.6 is 12.4 Å². The Kier molecular flexibility index (Phi) is 8.69. The van der Waals surface area contributed by atoms with Gasteiger partial charge in [0.15, 0.2) is 0 Å². The highest BCUT2D eigenvalue weighted by Crippen LogP contribution is 2.17. The van der Waals surface area contributed by atoms with E-state index in [1.807, 2.05) is 0 Å². The van der Waals surface area contributed by atoms with Crippen LogP contribution in [0.2, 0.25) is 0 Å². The number of hydrogen-bond acceptors (Lipinski definition) is 4. The van der Waals surface area contributed by atoms with Gasteiger partial charge in [-0.05, 0) is 31.3 Å². The van der Waals surface area contributed by atoms with Crippen molar-refractivity contribution >= 4 is 34.0 Å². The van der Waals surface area contributed by atoms with Crippen molar-refractivity contribution in [2.45, 2.75) is 18.0 Å². The maximum absolute atomic E-state index is 12.1. The molecule has 0 aliphatic rings. The fourth-order valence-corrected chi connectivity index (χ4v) is 2.66. The Balaban J connectivity index is 0.00000529. The van der Waals surface area contributed by atoms with Crippen LogP contribution in [-0.4, -0.2) is 40.6 Å². The van der Waals surface area contributed by atoms with Crippen LogP contribution in [0.25, 0.3) is 0 Å². The molecule has 1 rings (SSSR count). The van der Waals surface area contributed by atoms with Crippen molar-refractivity contribution < 1.29 is 26.4 Å². The number of rotatable bonds is 7. The molecule has 3 N–H and O–H groups in total. The molecule has 1 atom stereocenters. The summed E-state index contributed by atoms with van der Waals surface area (Å²) in [6.07, 6.45) is -4.63. The number of amides is 1. The van der Waals surface area contributed by atoms with Crippen LogP contribution in [0.4, 0.5) is 18.9 Å². The summed E-state index contributed by atoms with van der Waals surface area (Å²) < 4.78 is 61.1. The number of benzene rings is 1. The van der Waals surface area contributed by atoms with Crippen molar-refractivity contribution in [2.75, 3.05) is 25.5 Å². The smallest absolute Gasteiger partial charge is 0.326 e. The van der Waals surface area contributed by atoms with Gasteiger partial charge in [0, 0.05) is 18.2 Å². The zero-order valence-electron chi connectivity index (χ0n) is 13.0. The van der Waals surface area contributed by atoms with Crippen LogP contribution in [0.15, 0.2) is 29.2 Å². The quantitative estimate of drug-likeness (QED) is 0.663. The van der Waals surface area contributed by atoms with E-state index in [-0.39, 0.29) is 29.1 Å². The van der Waals surface area contributed by atoms with Gasteiger partial charge in [0.2, 0.25) is 15.9 Å². The summed E-state index contributed by atoms with van der Waals surface area (Å²) >= 11 is 0. The molecule has 0 aromatic heterocycles. The molecule has 0 saturated heterocycles. The largest absolute Gasteiger partial charge is 0.402 e. The SMILES string of the molecule is CNCC(C)C(=O)Nc1ccc(S(=O)(=O)NCC(F)(F)F)cc1.Cl. The topological polar surface area (TPSA) is 87.3 Å². The number of anilines is 1. The van der Waals surface area contributed by atoms with Gasteiger partial charge < -0.3 is 10.6 Å². The Bertz CT molecular complexity index is 636. The van der Waals surface area contributed by atoms with Crippen LogP contribution in [0.5, 0.6) is 0 Å². The third-order valence-corrected chi connectivity index (χ3v) is 4.27. The highest BCUT2D eigenvalue weighted by atomic mass is 35.5. The molecule has 0 heterocycles. The molecule has 0 fully saturated rings. The second-order valence-corrected chi connectivity index (χ2v) is 6.68. The minimum absolute atomic E-state index is 0. The van der Waals surface area contributed by atoms with Gasteiger partial charge in [-0.1, -0.05) is 6.92 Å². The Morgan fingerprint density at radius 3 is 2.21 bits per heavy atom. The molecule has 1 unspecified atom stereocenters. The number of halogens is 4. The second kappa shape index (κ2) is 9.21. The molecule has 0 bridgehead atoms. The lowest BCUT2D eigenvalue weighted by Crippen LogP contribution is -2.33. The first-order valence-corrected chi connectivity index (χ1v) is 8.15. The Hall–Kier alpha value is -1.36. The van der Waals surface area contributed by atoms with Gasteiger partial charge in [-0.15, -0.1) is 12.4 Å². The molecule has 24 heavy (non-hydrogen) atoms. The van der Waals surface area contributed by atoms with Gasteiger partial charge in [-0.2, -0.15) is 13.2 Å². The summed E-state index contributed by atoms with van der Waals surface area (Å²) in [5.74, 6) is -0.554. The molecule has 0 saturated carbocycles. The van der Waals surface area contributed by atoms with Gasteiger partial charge in [-0.25, -0.2) is 13.1 Å². The summed E-state index contributed by atoms with van der Waals surface area (Å²) in [7, 11) is -2.55. The van der Waals surface area contributed by atoms with Crippen LogP contribution in [-0.2, 0) is 14.8 Å². The molecule has 1 amide bonds. The molecular formula is C13H19ClF3N3O3S.